The fraction of sp³-hybridized carbons (Fsp3) is 0.471. The Morgan fingerprint density at radius 1 is 1.48 bits per heavy atom. The van der Waals surface area contributed by atoms with Crippen molar-refractivity contribution in [3.8, 4) is 0 Å². The van der Waals surface area contributed by atoms with E-state index in [1.165, 1.54) is 16.7 Å². The minimum atomic E-state index is -0.452. The number of carbonyl (C=O) groups is 1. The maximum atomic E-state index is 11.6. The highest BCUT2D eigenvalue weighted by molar-refractivity contribution is 7.27. The molecule has 2 atom stereocenters. The van der Waals surface area contributed by atoms with Gasteiger partial charge in [-0.3, -0.25) is 14.9 Å². The van der Waals surface area contributed by atoms with Gasteiger partial charge in [0.25, 0.3) is 5.91 Å². The Morgan fingerprint density at radius 2 is 2.26 bits per heavy atom. The van der Waals surface area contributed by atoms with E-state index in [1.54, 1.807) is 11.1 Å². The first-order chi connectivity index (χ1) is 11.0. The van der Waals surface area contributed by atoms with Gasteiger partial charge >= 0.3 is 0 Å². The second kappa shape index (κ2) is 6.70. The average molecular weight is 333 g/mol. The Kier molecular flexibility index (Phi) is 4.83. The predicted molar refractivity (Wildman–Crippen MR) is 94.2 cm³/mol. The van der Waals surface area contributed by atoms with Gasteiger partial charge in [0.15, 0.2) is 0 Å². The molecule has 1 aliphatic carbocycles. The van der Waals surface area contributed by atoms with Gasteiger partial charge in [-0.25, -0.2) is 5.48 Å². The molecular weight excluding hydrogens is 309 g/mol. The molecule has 1 amide bonds. The summed E-state index contributed by atoms with van der Waals surface area (Å²) in [6, 6.07) is 4.28. The number of nitrogens with one attached hydrogen (secondary N) is 2. The van der Waals surface area contributed by atoms with Crippen LogP contribution in [0, 0.1) is 0 Å². The van der Waals surface area contributed by atoms with Crippen molar-refractivity contribution >= 4 is 20.5 Å². The maximum absolute atomic E-state index is 11.6. The Morgan fingerprint density at radius 3 is 2.91 bits per heavy atom. The van der Waals surface area contributed by atoms with E-state index in [0.29, 0.717) is 11.6 Å². The fourth-order valence-corrected chi connectivity index (χ4v) is 3.99. The number of benzene rings is 1. The van der Waals surface area contributed by atoms with E-state index in [1.807, 2.05) is 19.2 Å². The van der Waals surface area contributed by atoms with E-state index in [4.69, 9.17) is 5.21 Å². The van der Waals surface area contributed by atoms with Crippen molar-refractivity contribution in [3.05, 3.63) is 40.0 Å². The zero-order valence-electron chi connectivity index (χ0n) is 13.6. The van der Waals surface area contributed by atoms with Crippen molar-refractivity contribution in [3.63, 3.8) is 0 Å². The summed E-state index contributed by atoms with van der Waals surface area (Å²) in [6.45, 7) is 5.17. The third kappa shape index (κ3) is 3.20. The lowest BCUT2D eigenvalue weighted by atomic mass is 9.83. The SMILES string of the molecule is CNC1CC(CN2CCc3cc(C(=O)NO)cc(P)c3C2)=C1C. The van der Waals surface area contributed by atoms with Gasteiger partial charge in [-0.15, -0.1) is 9.24 Å². The number of hydrogen-bond donors (Lipinski definition) is 3. The van der Waals surface area contributed by atoms with Crippen LogP contribution in [-0.4, -0.2) is 42.2 Å². The van der Waals surface area contributed by atoms with Crippen molar-refractivity contribution < 1.29 is 10.0 Å². The number of fused-ring (bicyclic) bond motifs is 1. The van der Waals surface area contributed by atoms with Crippen molar-refractivity contribution in [1.29, 1.82) is 0 Å². The topological polar surface area (TPSA) is 64.6 Å². The highest BCUT2D eigenvalue weighted by Crippen LogP contribution is 2.30. The standard InChI is InChI=1S/C17H24N3O2P/c1-10-13(6-15(10)18-2)8-20-4-3-11-5-12(17(21)19-22)7-16(23)14(11)9-20/h5,7,15,18,22H,3-4,6,8-9,23H2,1-2H3,(H,19,21). The summed E-state index contributed by atoms with van der Waals surface area (Å²) in [5.41, 5.74) is 7.76. The van der Waals surface area contributed by atoms with Gasteiger partial charge in [0.05, 0.1) is 0 Å². The molecule has 2 unspecified atom stereocenters. The molecule has 1 aliphatic heterocycles. The third-order valence-corrected chi connectivity index (χ3v) is 5.63. The number of amides is 1. The summed E-state index contributed by atoms with van der Waals surface area (Å²) in [5, 5.41) is 13.2. The lowest BCUT2D eigenvalue weighted by Gasteiger charge is -2.37. The number of likely N-dealkylation sites (N-methyl/N-ethyl adjacent to an activating group) is 1. The van der Waals surface area contributed by atoms with Crippen LogP contribution in [-0.2, 0) is 13.0 Å². The summed E-state index contributed by atoms with van der Waals surface area (Å²) in [6.07, 6.45) is 2.08. The number of carbonyl (C=O) groups excluding carboxylic acids is 1. The Labute approximate surface area is 139 Å². The van der Waals surface area contributed by atoms with Gasteiger partial charge < -0.3 is 5.32 Å². The lowest BCUT2D eigenvalue weighted by Crippen LogP contribution is -2.41. The molecule has 0 fully saturated rings. The first-order valence-electron chi connectivity index (χ1n) is 7.97. The molecule has 6 heteroatoms. The summed E-state index contributed by atoms with van der Waals surface area (Å²) in [5.74, 6) is -0.452. The Balaban J connectivity index is 1.74. The first kappa shape index (κ1) is 16.6. The quantitative estimate of drug-likeness (QED) is 0.333. The molecule has 0 bridgehead atoms. The highest BCUT2D eigenvalue weighted by atomic mass is 31.0. The second-order valence-corrected chi connectivity index (χ2v) is 7.06. The molecule has 1 aromatic carbocycles. The van der Waals surface area contributed by atoms with Gasteiger partial charge in [-0.2, -0.15) is 0 Å². The second-order valence-electron chi connectivity index (χ2n) is 6.44. The van der Waals surface area contributed by atoms with Crippen LogP contribution in [0.25, 0.3) is 0 Å². The van der Waals surface area contributed by atoms with E-state index in [9.17, 15) is 4.79 Å². The van der Waals surface area contributed by atoms with E-state index >= 15 is 0 Å². The third-order valence-electron chi connectivity index (χ3n) is 5.11. The molecular formula is C17H24N3O2P. The average Bonchev–Trinajstić information content (AvgIpc) is 2.57. The van der Waals surface area contributed by atoms with E-state index in [-0.39, 0.29) is 0 Å². The van der Waals surface area contributed by atoms with Crippen molar-refractivity contribution in [1.82, 2.24) is 15.7 Å². The van der Waals surface area contributed by atoms with Crippen LogP contribution in [0.2, 0.25) is 0 Å². The first-order valence-corrected chi connectivity index (χ1v) is 8.55. The van der Waals surface area contributed by atoms with Crippen LogP contribution >= 0.6 is 9.24 Å². The molecule has 0 saturated carbocycles. The van der Waals surface area contributed by atoms with Gasteiger partial charge in [0, 0.05) is 31.2 Å². The molecule has 1 aromatic rings. The number of rotatable bonds is 4. The zero-order valence-corrected chi connectivity index (χ0v) is 14.8. The summed E-state index contributed by atoms with van der Waals surface area (Å²) in [4.78, 5) is 14.1. The maximum Gasteiger partial charge on any atom is 0.274 e. The minimum absolute atomic E-state index is 0.452. The molecule has 23 heavy (non-hydrogen) atoms. The molecule has 3 N–H and O–H groups in total. The largest absolute Gasteiger partial charge is 0.313 e. The van der Waals surface area contributed by atoms with E-state index in [2.05, 4.69) is 26.4 Å². The number of hydroxylamine groups is 1. The summed E-state index contributed by atoms with van der Waals surface area (Å²) >= 11 is 0. The lowest BCUT2D eigenvalue weighted by molar-refractivity contribution is 0.0706. The van der Waals surface area contributed by atoms with E-state index < -0.39 is 5.91 Å². The molecule has 0 saturated heterocycles. The molecule has 1 heterocycles. The molecule has 0 spiro atoms. The molecule has 0 radical (unpaired) electrons. The predicted octanol–water partition coefficient (Wildman–Crippen LogP) is 0.972. The van der Waals surface area contributed by atoms with Crippen LogP contribution in [0.1, 0.15) is 34.8 Å². The summed E-state index contributed by atoms with van der Waals surface area (Å²) in [7, 11) is 4.74. The van der Waals surface area contributed by atoms with Gasteiger partial charge in [-0.1, -0.05) is 11.1 Å². The van der Waals surface area contributed by atoms with Crippen LogP contribution in [0.5, 0.6) is 0 Å². The van der Waals surface area contributed by atoms with Crippen molar-refractivity contribution in [2.75, 3.05) is 20.1 Å². The van der Waals surface area contributed by atoms with Gasteiger partial charge in [0.2, 0.25) is 0 Å². The molecule has 2 aliphatic rings. The zero-order chi connectivity index (χ0) is 16.6. The smallest absolute Gasteiger partial charge is 0.274 e. The monoisotopic (exact) mass is 333 g/mol. The Hall–Kier alpha value is -1.26. The van der Waals surface area contributed by atoms with Crippen LogP contribution in [0.4, 0.5) is 0 Å². The normalized spacial score (nSPS) is 21.0. The van der Waals surface area contributed by atoms with Gasteiger partial charge in [0.1, 0.15) is 0 Å². The van der Waals surface area contributed by atoms with Crippen LogP contribution in [0.15, 0.2) is 23.3 Å². The number of nitrogens with zero attached hydrogens (tertiary/aromatic N) is 1. The van der Waals surface area contributed by atoms with Gasteiger partial charge in [-0.05, 0) is 55.4 Å². The van der Waals surface area contributed by atoms with Crippen molar-refractivity contribution in [2.45, 2.75) is 32.4 Å². The van der Waals surface area contributed by atoms with Crippen LogP contribution in [0.3, 0.4) is 0 Å². The summed E-state index contributed by atoms with van der Waals surface area (Å²) < 4.78 is 0. The molecule has 0 aromatic heterocycles. The molecule has 5 nitrogen and oxygen atoms in total. The Bertz CT molecular complexity index is 672. The highest BCUT2D eigenvalue weighted by Gasteiger charge is 2.27. The number of hydrogen-bond acceptors (Lipinski definition) is 4. The molecule has 124 valence electrons. The fourth-order valence-electron chi connectivity index (χ4n) is 3.54. The minimum Gasteiger partial charge on any atom is -0.313 e. The molecule has 3 rings (SSSR count). The van der Waals surface area contributed by atoms with E-state index in [0.717, 1.165) is 37.8 Å². The van der Waals surface area contributed by atoms with Crippen LogP contribution < -0.4 is 16.1 Å². The van der Waals surface area contributed by atoms with Crippen molar-refractivity contribution in [2.24, 2.45) is 0 Å².